The number of aromatic nitrogens is 1. The first-order valence-corrected chi connectivity index (χ1v) is 11.9. The maximum atomic E-state index is 13.1. The molecule has 1 aromatic carbocycles. The number of benzene rings is 1. The van der Waals surface area contributed by atoms with Gasteiger partial charge >= 0.3 is 0 Å². The van der Waals surface area contributed by atoms with Crippen LogP contribution in [0.3, 0.4) is 0 Å². The smallest absolute Gasteiger partial charge is 0.264 e. The number of aryl methyl sites for hydroxylation is 1. The molecule has 1 unspecified atom stereocenters. The number of hydrogen-bond donors (Lipinski definition) is 0. The molecule has 0 bridgehead atoms. The van der Waals surface area contributed by atoms with Crippen molar-refractivity contribution in [2.75, 3.05) is 53.0 Å². The standard InChI is InChI=1S/C26H33ClN4O3/c1-19-15-22(21(3)31(19)20(2)18-33-4)16-23(17-28)26(32)30-11-9-29(10-12-30)13-14-34-25-8-6-5-7-24(25)27/h5-8,15-16,20H,9-14,18H2,1-4H3/b23-16-. The Morgan fingerprint density at radius 3 is 2.59 bits per heavy atom. The number of piperazine rings is 1. The molecule has 7 nitrogen and oxygen atoms in total. The van der Waals surface area contributed by atoms with E-state index < -0.39 is 0 Å². The van der Waals surface area contributed by atoms with E-state index in [2.05, 4.69) is 22.5 Å². The van der Waals surface area contributed by atoms with Gasteiger partial charge in [-0.15, -0.1) is 0 Å². The molecule has 1 saturated heterocycles. The number of hydrogen-bond acceptors (Lipinski definition) is 5. The number of ether oxygens (including phenoxy) is 2. The van der Waals surface area contributed by atoms with Gasteiger partial charge in [-0.3, -0.25) is 9.69 Å². The van der Waals surface area contributed by atoms with E-state index in [4.69, 9.17) is 21.1 Å². The fraction of sp³-hybridized carbons (Fsp3) is 0.462. The zero-order valence-electron chi connectivity index (χ0n) is 20.4. The Kier molecular flexibility index (Phi) is 9.17. The first-order valence-electron chi connectivity index (χ1n) is 11.5. The molecule has 182 valence electrons. The lowest BCUT2D eigenvalue weighted by atomic mass is 10.1. The molecule has 0 radical (unpaired) electrons. The number of nitriles is 1. The Balaban J connectivity index is 1.57. The minimum absolute atomic E-state index is 0.162. The van der Waals surface area contributed by atoms with Gasteiger partial charge in [-0.05, 0) is 50.6 Å². The van der Waals surface area contributed by atoms with Crippen LogP contribution in [-0.2, 0) is 9.53 Å². The summed E-state index contributed by atoms with van der Waals surface area (Å²) in [5.41, 5.74) is 3.15. The third-order valence-electron chi connectivity index (χ3n) is 6.18. The van der Waals surface area contributed by atoms with Gasteiger partial charge in [0, 0.05) is 51.2 Å². The van der Waals surface area contributed by atoms with Gasteiger partial charge in [-0.1, -0.05) is 23.7 Å². The maximum Gasteiger partial charge on any atom is 0.264 e. The van der Waals surface area contributed by atoms with Crippen LogP contribution in [0.2, 0.25) is 5.02 Å². The number of halogens is 1. The summed E-state index contributed by atoms with van der Waals surface area (Å²) in [5.74, 6) is 0.460. The zero-order chi connectivity index (χ0) is 24.7. The average Bonchev–Trinajstić information content (AvgIpc) is 3.11. The number of carbonyl (C=O) groups is 1. The lowest BCUT2D eigenvalue weighted by Gasteiger charge is -2.34. The van der Waals surface area contributed by atoms with E-state index in [0.29, 0.717) is 37.1 Å². The molecule has 8 heteroatoms. The summed E-state index contributed by atoms with van der Waals surface area (Å²) in [6.07, 6.45) is 1.71. The third-order valence-corrected chi connectivity index (χ3v) is 6.50. The molecule has 1 aromatic heterocycles. The number of methoxy groups -OCH3 is 1. The summed E-state index contributed by atoms with van der Waals surface area (Å²) in [6.45, 7) is 10.6. The number of para-hydroxylation sites is 1. The molecule has 3 rings (SSSR count). The van der Waals surface area contributed by atoms with E-state index in [0.717, 1.165) is 36.6 Å². The highest BCUT2D eigenvalue weighted by Gasteiger charge is 2.24. The summed E-state index contributed by atoms with van der Waals surface area (Å²) >= 11 is 6.13. The molecule has 1 aliphatic heterocycles. The highest BCUT2D eigenvalue weighted by Crippen LogP contribution is 2.24. The van der Waals surface area contributed by atoms with E-state index in [1.165, 1.54) is 0 Å². The fourth-order valence-corrected chi connectivity index (χ4v) is 4.62. The molecule has 2 heterocycles. The largest absolute Gasteiger partial charge is 0.491 e. The van der Waals surface area contributed by atoms with Crippen molar-refractivity contribution >= 4 is 23.6 Å². The zero-order valence-corrected chi connectivity index (χ0v) is 21.1. The van der Waals surface area contributed by atoms with Gasteiger partial charge < -0.3 is 18.9 Å². The van der Waals surface area contributed by atoms with Gasteiger partial charge in [0.2, 0.25) is 0 Å². The quantitative estimate of drug-likeness (QED) is 0.396. The van der Waals surface area contributed by atoms with Crippen molar-refractivity contribution in [2.45, 2.75) is 26.8 Å². The van der Waals surface area contributed by atoms with Crippen molar-refractivity contribution < 1.29 is 14.3 Å². The van der Waals surface area contributed by atoms with Crippen LogP contribution in [-0.4, -0.2) is 73.3 Å². The summed E-state index contributed by atoms with van der Waals surface area (Å²) in [7, 11) is 1.68. The predicted octanol–water partition coefficient (Wildman–Crippen LogP) is 4.10. The molecule has 0 spiro atoms. The summed E-state index contributed by atoms with van der Waals surface area (Å²) < 4.78 is 13.2. The van der Waals surface area contributed by atoms with E-state index in [1.54, 1.807) is 24.2 Å². The van der Waals surface area contributed by atoms with Crippen molar-refractivity contribution in [3.05, 3.63) is 57.9 Å². The lowest BCUT2D eigenvalue weighted by Crippen LogP contribution is -2.49. The maximum absolute atomic E-state index is 13.1. The topological polar surface area (TPSA) is 70.7 Å². The van der Waals surface area contributed by atoms with Crippen LogP contribution in [0.1, 0.15) is 29.9 Å². The SMILES string of the molecule is COCC(C)n1c(C)cc(/C=C(/C#N)C(=O)N2CCN(CCOc3ccccc3Cl)CC2)c1C. The van der Waals surface area contributed by atoms with Crippen molar-refractivity contribution in [2.24, 2.45) is 0 Å². The van der Waals surface area contributed by atoms with Gasteiger partial charge in [-0.25, -0.2) is 0 Å². The van der Waals surface area contributed by atoms with Gasteiger partial charge in [0.25, 0.3) is 5.91 Å². The van der Waals surface area contributed by atoms with Gasteiger partial charge in [0.05, 0.1) is 17.7 Å². The number of amides is 1. The molecule has 0 saturated carbocycles. The lowest BCUT2D eigenvalue weighted by molar-refractivity contribution is -0.128. The molecule has 34 heavy (non-hydrogen) atoms. The fourth-order valence-electron chi connectivity index (χ4n) is 4.43. The first kappa shape index (κ1) is 25.8. The minimum atomic E-state index is -0.218. The minimum Gasteiger partial charge on any atom is -0.491 e. The molecule has 0 aliphatic carbocycles. The van der Waals surface area contributed by atoms with E-state index in [-0.39, 0.29) is 17.5 Å². The van der Waals surface area contributed by atoms with Crippen LogP contribution in [0, 0.1) is 25.2 Å². The van der Waals surface area contributed by atoms with Crippen LogP contribution >= 0.6 is 11.6 Å². The summed E-state index contributed by atoms with van der Waals surface area (Å²) in [5, 5.41) is 10.3. The Hall–Kier alpha value is -2.79. The molecule has 2 aromatic rings. The van der Waals surface area contributed by atoms with E-state index in [1.807, 2.05) is 38.1 Å². The number of nitrogens with zero attached hydrogens (tertiary/aromatic N) is 4. The normalized spacial score (nSPS) is 15.8. The van der Waals surface area contributed by atoms with Crippen LogP contribution in [0.4, 0.5) is 0 Å². The summed E-state index contributed by atoms with van der Waals surface area (Å²) in [4.78, 5) is 17.1. The highest BCUT2D eigenvalue weighted by molar-refractivity contribution is 6.32. The molecule has 1 aliphatic rings. The second kappa shape index (κ2) is 12.1. The van der Waals surface area contributed by atoms with Crippen LogP contribution in [0.25, 0.3) is 6.08 Å². The molecule has 1 fully saturated rings. The summed E-state index contributed by atoms with van der Waals surface area (Å²) in [6, 6.07) is 11.7. The average molecular weight is 485 g/mol. The molecular weight excluding hydrogens is 452 g/mol. The molecule has 0 N–H and O–H groups in total. The molecule has 1 atom stereocenters. The van der Waals surface area contributed by atoms with Crippen molar-refractivity contribution in [3.63, 3.8) is 0 Å². The van der Waals surface area contributed by atoms with E-state index >= 15 is 0 Å². The van der Waals surface area contributed by atoms with Crippen LogP contribution < -0.4 is 4.74 Å². The third kappa shape index (κ3) is 6.20. The Morgan fingerprint density at radius 1 is 1.24 bits per heavy atom. The number of rotatable bonds is 9. The second-order valence-electron chi connectivity index (χ2n) is 8.58. The number of carbonyl (C=O) groups excluding carboxylic acids is 1. The van der Waals surface area contributed by atoms with Gasteiger partial charge in [0.1, 0.15) is 24.0 Å². The van der Waals surface area contributed by atoms with Crippen molar-refractivity contribution in [3.8, 4) is 11.8 Å². The van der Waals surface area contributed by atoms with Gasteiger partial charge in [0.15, 0.2) is 0 Å². The Morgan fingerprint density at radius 2 is 1.94 bits per heavy atom. The van der Waals surface area contributed by atoms with Crippen molar-refractivity contribution in [1.82, 2.24) is 14.4 Å². The van der Waals surface area contributed by atoms with E-state index in [9.17, 15) is 10.1 Å². The van der Waals surface area contributed by atoms with Crippen LogP contribution in [0.5, 0.6) is 5.75 Å². The monoisotopic (exact) mass is 484 g/mol. The first-order chi connectivity index (χ1) is 16.3. The predicted molar refractivity (Wildman–Crippen MR) is 134 cm³/mol. The highest BCUT2D eigenvalue weighted by atomic mass is 35.5. The van der Waals surface area contributed by atoms with Gasteiger partial charge in [-0.2, -0.15) is 5.26 Å². The molecular formula is C26H33ClN4O3. The Bertz CT molecular complexity index is 1060. The second-order valence-corrected chi connectivity index (χ2v) is 8.99. The molecule has 1 amide bonds. The van der Waals surface area contributed by atoms with Crippen LogP contribution in [0.15, 0.2) is 35.9 Å². The Labute approximate surface area is 207 Å². The van der Waals surface area contributed by atoms with Crippen molar-refractivity contribution in [1.29, 1.82) is 5.26 Å².